The molecular weight excluding hydrogens is 456 g/mol. The highest BCUT2D eigenvalue weighted by Crippen LogP contribution is 2.76. The number of aliphatic carboxylic acids is 1. The fourth-order valence-electron chi connectivity index (χ4n) is 11.2. The monoisotopic (exact) mass is 504 g/mol. The number of carbonyl (C=O) groups is 1. The number of hydrogen-bond donors (Lipinski definition) is 5. The SMILES string of the molecule is CC1CCC2(C(=O)O)CCC3(C)C(=CCC4C5(C)CC(O)C(O)C(C)(C)C5C(O)CC43C)C2C1(C)O. The van der Waals surface area contributed by atoms with Gasteiger partial charge in [-0.3, -0.25) is 4.79 Å². The van der Waals surface area contributed by atoms with Gasteiger partial charge in [-0.1, -0.05) is 53.2 Å². The maximum atomic E-state index is 12.8. The van der Waals surface area contributed by atoms with Gasteiger partial charge < -0.3 is 25.5 Å². The van der Waals surface area contributed by atoms with Crippen LogP contribution in [0.25, 0.3) is 0 Å². The van der Waals surface area contributed by atoms with E-state index in [1.165, 1.54) is 0 Å². The molecule has 0 aromatic heterocycles. The fourth-order valence-corrected chi connectivity index (χ4v) is 11.2. The van der Waals surface area contributed by atoms with Gasteiger partial charge in [0.1, 0.15) is 0 Å². The van der Waals surface area contributed by atoms with Crippen LogP contribution in [0.3, 0.4) is 0 Å². The molecule has 5 rings (SSSR count). The largest absolute Gasteiger partial charge is 0.481 e. The smallest absolute Gasteiger partial charge is 0.310 e. The van der Waals surface area contributed by atoms with E-state index in [4.69, 9.17) is 0 Å². The van der Waals surface area contributed by atoms with E-state index in [1.807, 2.05) is 27.7 Å². The second-order valence-corrected chi connectivity index (χ2v) is 15.0. The molecular formula is C30H48O6. The summed E-state index contributed by atoms with van der Waals surface area (Å²) in [4.78, 5) is 12.8. The van der Waals surface area contributed by atoms with Crippen LogP contribution in [-0.4, -0.2) is 55.4 Å². The van der Waals surface area contributed by atoms with E-state index in [2.05, 4.69) is 26.8 Å². The van der Waals surface area contributed by atoms with Crippen LogP contribution in [0.5, 0.6) is 0 Å². The van der Waals surface area contributed by atoms with E-state index in [-0.39, 0.29) is 34.0 Å². The van der Waals surface area contributed by atoms with Gasteiger partial charge in [0.15, 0.2) is 0 Å². The van der Waals surface area contributed by atoms with Crippen molar-refractivity contribution in [2.75, 3.05) is 0 Å². The van der Waals surface area contributed by atoms with Crippen LogP contribution in [0.2, 0.25) is 0 Å². The Morgan fingerprint density at radius 3 is 2.19 bits per heavy atom. The topological polar surface area (TPSA) is 118 Å². The molecule has 0 aliphatic heterocycles. The van der Waals surface area contributed by atoms with Crippen LogP contribution in [0, 0.1) is 50.7 Å². The molecule has 0 aromatic rings. The summed E-state index contributed by atoms with van der Waals surface area (Å²) in [5.41, 5.74) is -2.73. The number of hydrogen-bond acceptors (Lipinski definition) is 5. The van der Waals surface area contributed by atoms with Crippen molar-refractivity contribution < 1.29 is 30.3 Å². The summed E-state index contributed by atoms with van der Waals surface area (Å²) in [6, 6.07) is 0. The van der Waals surface area contributed by atoms with Gasteiger partial charge in [0.2, 0.25) is 0 Å². The number of carboxylic acids is 1. The molecule has 0 amide bonds. The maximum Gasteiger partial charge on any atom is 0.310 e. The predicted octanol–water partition coefficient (Wildman–Crippen LogP) is 4.15. The van der Waals surface area contributed by atoms with Crippen LogP contribution in [0.4, 0.5) is 0 Å². The second-order valence-electron chi connectivity index (χ2n) is 15.0. The van der Waals surface area contributed by atoms with Crippen molar-refractivity contribution in [3.05, 3.63) is 11.6 Å². The highest BCUT2D eigenvalue weighted by molar-refractivity contribution is 5.77. The molecule has 204 valence electrons. The molecule has 12 atom stereocenters. The van der Waals surface area contributed by atoms with Crippen molar-refractivity contribution >= 4 is 5.97 Å². The molecule has 5 aliphatic carbocycles. The van der Waals surface area contributed by atoms with Crippen molar-refractivity contribution in [2.45, 2.75) is 117 Å². The number of aliphatic hydroxyl groups is 4. The molecule has 0 aromatic carbocycles. The fraction of sp³-hybridized carbons (Fsp3) is 0.900. The van der Waals surface area contributed by atoms with Crippen LogP contribution < -0.4 is 0 Å². The molecule has 0 saturated heterocycles. The summed E-state index contributed by atoms with van der Waals surface area (Å²) in [6.45, 7) is 14.6. The van der Waals surface area contributed by atoms with Gasteiger partial charge in [-0.25, -0.2) is 0 Å². The van der Waals surface area contributed by atoms with Gasteiger partial charge in [0, 0.05) is 5.92 Å². The number of rotatable bonds is 1. The zero-order valence-corrected chi connectivity index (χ0v) is 23.2. The predicted molar refractivity (Wildman–Crippen MR) is 137 cm³/mol. The van der Waals surface area contributed by atoms with Gasteiger partial charge in [-0.05, 0) is 91.3 Å². The Labute approximate surface area is 216 Å². The van der Waals surface area contributed by atoms with Crippen LogP contribution >= 0.6 is 0 Å². The molecule has 36 heavy (non-hydrogen) atoms. The Hall–Kier alpha value is -0.950. The van der Waals surface area contributed by atoms with Gasteiger partial charge in [-0.15, -0.1) is 0 Å². The third-order valence-electron chi connectivity index (χ3n) is 13.3. The van der Waals surface area contributed by atoms with Crippen LogP contribution in [-0.2, 0) is 4.79 Å². The first-order valence-corrected chi connectivity index (χ1v) is 14.1. The normalized spacial score (nSPS) is 58.0. The minimum atomic E-state index is -1.12. The molecule has 4 saturated carbocycles. The minimum Gasteiger partial charge on any atom is -0.481 e. The van der Waals surface area contributed by atoms with Crippen LogP contribution in [0.15, 0.2) is 11.6 Å². The third-order valence-corrected chi connectivity index (χ3v) is 13.3. The Kier molecular flexibility index (Phi) is 5.61. The second kappa shape index (κ2) is 7.58. The van der Waals surface area contributed by atoms with E-state index in [0.717, 1.165) is 12.0 Å². The first kappa shape index (κ1) is 26.6. The summed E-state index contributed by atoms with van der Waals surface area (Å²) in [5.74, 6) is -1.24. The average Bonchev–Trinajstić information content (AvgIpc) is 2.74. The maximum absolute atomic E-state index is 12.8. The van der Waals surface area contributed by atoms with Crippen LogP contribution in [0.1, 0.15) is 93.4 Å². The number of carboxylic acid groups (broad SMARTS) is 1. The van der Waals surface area contributed by atoms with Gasteiger partial charge in [0.05, 0.1) is 29.3 Å². The molecule has 5 aliphatic rings. The van der Waals surface area contributed by atoms with Crippen molar-refractivity contribution in [1.82, 2.24) is 0 Å². The molecule has 6 nitrogen and oxygen atoms in total. The van der Waals surface area contributed by atoms with E-state index < -0.39 is 46.6 Å². The van der Waals surface area contributed by atoms with Gasteiger partial charge in [-0.2, -0.15) is 0 Å². The Morgan fingerprint density at radius 1 is 0.944 bits per heavy atom. The zero-order chi connectivity index (χ0) is 26.9. The lowest BCUT2D eigenvalue weighted by molar-refractivity contribution is -0.266. The van der Waals surface area contributed by atoms with Crippen molar-refractivity contribution in [1.29, 1.82) is 0 Å². The number of allylic oxidation sites excluding steroid dienone is 1. The minimum absolute atomic E-state index is 0.00150. The Morgan fingerprint density at radius 2 is 1.58 bits per heavy atom. The zero-order valence-electron chi connectivity index (χ0n) is 23.2. The van der Waals surface area contributed by atoms with Crippen molar-refractivity contribution in [3.63, 3.8) is 0 Å². The number of fused-ring (bicyclic) bond motifs is 7. The quantitative estimate of drug-likeness (QED) is 0.343. The summed E-state index contributed by atoms with van der Waals surface area (Å²) < 4.78 is 0. The highest BCUT2D eigenvalue weighted by Gasteiger charge is 2.73. The first-order valence-electron chi connectivity index (χ1n) is 14.1. The third kappa shape index (κ3) is 2.91. The standard InChI is InChI=1S/C30H48O6/c1-16-10-11-30(24(34)35)13-12-27(5)17(21(30)29(16,7)36)8-9-20-26(4)14-19(32)23(33)25(2,3)22(26)18(31)15-28(20,27)6/h8,16,18-23,31-33,36H,9-15H2,1-7H3,(H,34,35). The van der Waals surface area contributed by atoms with Gasteiger partial charge in [0.25, 0.3) is 0 Å². The summed E-state index contributed by atoms with van der Waals surface area (Å²) >= 11 is 0. The van der Waals surface area contributed by atoms with E-state index in [0.29, 0.717) is 38.5 Å². The Bertz CT molecular complexity index is 986. The molecule has 12 unspecified atom stereocenters. The molecule has 5 N–H and O–H groups in total. The summed E-state index contributed by atoms with van der Waals surface area (Å²) in [7, 11) is 0. The molecule has 0 bridgehead atoms. The number of aliphatic hydroxyl groups excluding tert-OH is 3. The van der Waals surface area contributed by atoms with Crippen molar-refractivity contribution in [3.8, 4) is 0 Å². The molecule has 0 radical (unpaired) electrons. The van der Waals surface area contributed by atoms with E-state index in [9.17, 15) is 30.3 Å². The lowest BCUT2D eigenvalue weighted by Crippen LogP contribution is -2.71. The lowest BCUT2D eigenvalue weighted by Gasteiger charge is -2.72. The summed E-state index contributed by atoms with van der Waals surface area (Å²) in [6.07, 6.45) is 4.15. The highest BCUT2D eigenvalue weighted by atomic mass is 16.4. The van der Waals surface area contributed by atoms with Gasteiger partial charge >= 0.3 is 5.97 Å². The molecule has 4 fully saturated rings. The molecule has 6 heteroatoms. The lowest BCUT2D eigenvalue weighted by atomic mass is 9.32. The van der Waals surface area contributed by atoms with Crippen molar-refractivity contribution in [2.24, 2.45) is 50.7 Å². The summed E-state index contributed by atoms with van der Waals surface area (Å²) in [5, 5.41) is 56.1. The first-order chi connectivity index (χ1) is 16.4. The molecule has 0 spiro atoms. The van der Waals surface area contributed by atoms with E-state index in [1.54, 1.807) is 0 Å². The molecule has 0 heterocycles. The average molecular weight is 505 g/mol. The Balaban J connectivity index is 1.68. The van der Waals surface area contributed by atoms with E-state index >= 15 is 0 Å².